The third-order valence-corrected chi connectivity index (χ3v) is 4.83. The molecule has 0 aliphatic carbocycles. The van der Waals surface area contributed by atoms with Crippen LogP contribution in [0.1, 0.15) is 40.8 Å². The number of halogens is 1. The van der Waals surface area contributed by atoms with E-state index >= 15 is 0 Å². The minimum Gasteiger partial charge on any atom is -0.485 e. The van der Waals surface area contributed by atoms with Crippen molar-refractivity contribution >= 4 is 18.3 Å². The fraction of sp³-hybridized carbons (Fsp3) is 0.450. The molecule has 0 saturated carbocycles. The lowest BCUT2D eigenvalue weighted by Gasteiger charge is -2.20. The molecule has 6 heteroatoms. The van der Waals surface area contributed by atoms with Crippen LogP contribution in [0.3, 0.4) is 0 Å². The molecular formula is C20H27ClN2O3. The molecule has 1 saturated heterocycles. The van der Waals surface area contributed by atoms with E-state index in [1.54, 1.807) is 12.1 Å². The van der Waals surface area contributed by atoms with E-state index in [1.807, 2.05) is 24.0 Å². The van der Waals surface area contributed by atoms with Crippen LogP contribution in [-0.4, -0.2) is 29.9 Å². The van der Waals surface area contributed by atoms with Crippen molar-refractivity contribution < 1.29 is 13.9 Å². The van der Waals surface area contributed by atoms with Crippen molar-refractivity contribution in [3.63, 3.8) is 0 Å². The van der Waals surface area contributed by atoms with Gasteiger partial charge in [0.05, 0.1) is 0 Å². The summed E-state index contributed by atoms with van der Waals surface area (Å²) in [5.74, 6) is 2.14. The highest BCUT2D eigenvalue weighted by Crippen LogP contribution is 2.25. The van der Waals surface area contributed by atoms with Crippen LogP contribution in [0.2, 0.25) is 0 Å². The van der Waals surface area contributed by atoms with Crippen molar-refractivity contribution in [1.29, 1.82) is 0 Å². The van der Waals surface area contributed by atoms with Gasteiger partial charge in [0.2, 0.25) is 0 Å². The number of nitrogens with zero attached hydrogens (tertiary/aromatic N) is 1. The molecule has 1 aromatic carbocycles. The highest BCUT2D eigenvalue weighted by atomic mass is 35.5. The average Bonchev–Trinajstić information content (AvgIpc) is 3.20. The van der Waals surface area contributed by atoms with Gasteiger partial charge in [-0.3, -0.25) is 4.79 Å². The number of nitrogens with two attached hydrogens (primary N) is 1. The van der Waals surface area contributed by atoms with Crippen molar-refractivity contribution in [2.45, 2.75) is 39.8 Å². The van der Waals surface area contributed by atoms with Crippen LogP contribution >= 0.6 is 12.4 Å². The van der Waals surface area contributed by atoms with Crippen molar-refractivity contribution in [3.8, 4) is 5.75 Å². The molecule has 5 nitrogen and oxygen atoms in total. The number of carbonyl (C=O) groups excluding carboxylic acids is 1. The summed E-state index contributed by atoms with van der Waals surface area (Å²) in [6.07, 6.45) is 0.950. The molecule has 142 valence electrons. The Morgan fingerprint density at radius 1 is 1.31 bits per heavy atom. The number of carbonyl (C=O) groups is 1. The van der Waals surface area contributed by atoms with Gasteiger partial charge in [-0.2, -0.15) is 0 Å². The molecule has 1 aromatic heterocycles. The first-order valence-corrected chi connectivity index (χ1v) is 8.77. The standard InChI is InChI=1S/C20H26N2O3.ClH/c1-13-4-6-18(14(2)8-13)24-12-17-5-7-19(25-17)20(23)22-11-16(10-21)9-15(22)3;/h4-8,15-16H,9-12,21H2,1-3H3;1H. The van der Waals surface area contributed by atoms with Gasteiger partial charge in [-0.1, -0.05) is 17.7 Å². The van der Waals surface area contributed by atoms with E-state index in [4.69, 9.17) is 14.9 Å². The highest BCUT2D eigenvalue weighted by molar-refractivity contribution is 5.92. The Labute approximate surface area is 160 Å². The second-order valence-electron chi connectivity index (χ2n) is 6.97. The van der Waals surface area contributed by atoms with Gasteiger partial charge in [0.25, 0.3) is 5.91 Å². The SMILES string of the molecule is Cc1ccc(OCc2ccc(C(=O)N3CC(CN)CC3C)o2)c(C)c1.Cl. The molecule has 2 atom stereocenters. The number of furan rings is 1. The maximum absolute atomic E-state index is 12.6. The lowest BCUT2D eigenvalue weighted by molar-refractivity contribution is 0.0707. The fourth-order valence-corrected chi connectivity index (χ4v) is 3.42. The van der Waals surface area contributed by atoms with E-state index in [9.17, 15) is 4.79 Å². The molecule has 0 radical (unpaired) electrons. The molecule has 26 heavy (non-hydrogen) atoms. The fourth-order valence-electron chi connectivity index (χ4n) is 3.42. The Hall–Kier alpha value is -1.98. The molecular weight excluding hydrogens is 352 g/mol. The van der Waals surface area contributed by atoms with Crippen LogP contribution in [0.25, 0.3) is 0 Å². The van der Waals surface area contributed by atoms with E-state index in [0.29, 0.717) is 37.1 Å². The second-order valence-corrected chi connectivity index (χ2v) is 6.97. The smallest absolute Gasteiger partial charge is 0.289 e. The molecule has 2 heterocycles. The molecule has 1 fully saturated rings. The maximum Gasteiger partial charge on any atom is 0.289 e. The Balaban J connectivity index is 0.00000243. The summed E-state index contributed by atoms with van der Waals surface area (Å²) in [5.41, 5.74) is 8.02. The number of rotatable bonds is 5. The van der Waals surface area contributed by atoms with Crippen LogP contribution in [0.4, 0.5) is 0 Å². The van der Waals surface area contributed by atoms with Gasteiger partial charge in [0.15, 0.2) is 5.76 Å². The van der Waals surface area contributed by atoms with E-state index < -0.39 is 0 Å². The van der Waals surface area contributed by atoms with Gasteiger partial charge in [-0.25, -0.2) is 0 Å². The molecule has 0 bridgehead atoms. The Morgan fingerprint density at radius 3 is 2.73 bits per heavy atom. The third-order valence-electron chi connectivity index (χ3n) is 4.83. The maximum atomic E-state index is 12.6. The quantitative estimate of drug-likeness (QED) is 0.861. The van der Waals surface area contributed by atoms with Crippen LogP contribution in [0, 0.1) is 19.8 Å². The predicted molar refractivity (Wildman–Crippen MR) is 104 cm³/mol. The van der Waals surface area contributed by atoms with Gasteiger partial charge in [0, 0.05) is 12.6 Å². The topological polar surface area (TPSA) is 68.7 Å². The summed E-state index contributed by atoms with van der Waals surface area (Å²) in [4.78, 5) is 14.5. The van der Waals surface area contributed by atoms with Crippen LogP contribution < -0.4 is 10.5 Å². The van der Waals surface area contributed by atoms with Crippen molar-refractivity contribution in [3.05, 3.63) is 53.0 Å². The van der Waals surface area contributed by atoms with E-state index in [0.717, 1.165) is 17.7 Å². The van der Waals surface area contributed by atoms with Gasteiger partial charge in [0.1, 0.15) is 18.1 Å². The second kappa shape index (κ2) is 8.60. The zero-order valence-corrected chi connectivity index (χ0v) is 16.3. The van der Waals surface area contributed by atoms with Crippen LogP contribution in [0.5, 0.6) is 5.75 Å². The Morgan fingerprint density at radius 2 is 2.08 bits per heavy atom. The lowest BCUT2D eigenvalue weighted by Crippen LogP contribution is -2.34. The average molecular weight is 379 g/mol. The van der Waals surface area contributed by atoms with Gasteiger partial charge in [-0.05, 0) is 63.4 Å². The van der Waals surface area contributed by atoms with Gasteiger partial charge >= 0.3 is 0 Å². The van der Waals surface area contributed by atoms with Gasteiger partial charge < -0.3 is 19.8 Å². The predicted octanol–water partition coefficient (Wildman–Crippen LogP) is 3.71. The first kappa shape index (κ1) is 20.3. The minimum absolute atomic E-state index is 0. The van der Waals surface area contributed by atoms with Crippen LogP contribution in [-0.2, 0) is 6.61 Å². The largest absolute Gasteiger partial charge is 0.485 e. The highest BCUT2D eigenvalue weighted by Gasteiger charge is 2.33. The van der Waals surface area contributed by atoms with E-state index in [-0.39, 0.29) is 24.4 Å². The Bertz CT molecular complexity index is 759. The third kappa shape index (κ3) is 4.40. The summed E-state index contributed by atoms with van der Waals surface area (Å²) < 4.78 is 11.5. The first-order chi connectivity index (χ1) is 12.0. The zero-order chi connectivity index (χ0) is 18.0. The lowest BCUT2D eigenvalue weighted by atomic mass is 10.1. The number of hydrogen-bond donors (Lipinski definition) is 1. The number of likely N-dealkylation sites (tertiary alicyclic amines) is 1. The summed E-state index contributed by atoms with van der Waals surface area (Å²) in [7, 11) is 0. The molecule has 2 aromatic rings. The van der Waals surface area contributed by atoms with E-state index in [1.165, 1.54) is 5.56 Å². The number of ether oxygens (including phenoxy) is 1. The zero-order valence-electron chi connectivity index (χ0n) is 15.5. The first-order valence-electron chi connectivity index (χ1n) is 8.77. The summed E-state index contributed by atoms with van der Waals surface area (Å²) >= 11 is 0. The van der Waals surface area contributed by atoms with Crippen LogP contribution in [0.15, 0.2) is 34.7 Å². The van der Waals surface area contributed by atoms with Crippen molar-refractivity contribution in [2.75, 3.05) is 13.1 Å². The summed E-state index contributed by atoms with van der Waals surface area (Å²) in [5, 5.41) is 0. The monoisotopic (exact) mass is 378 g/mol. The molecule has 0 spiro atoms. The molecule has 2 unspecified atom stereocenters. The molecule has 1 aliphatic rings. The Kier molecular flexibility index (Phi) is 6.73. The van der Waals surface area contributed by atoms with E-state index in [2.05, 4.69) is 19.9 Å². The summed E-state index contributed by atoms with van der Waals surface area (Å²) in [6, 6.07) is 9.78. The van der Waals surface area contributed by atoms with Gasteiger partial charge in [-0.15, -0.1) is 12.4 Å². The number of aryl methyl sites for hydroxylation is 2. The molecule has 2 N–H and O–H groups in total. The number of hydrogen-bond acceptors (Lipinski definition) is 4. The minimum atomic E-state index is -0.0683. The summed E-state index contributed by atoms with van der Waals surface area (Å²) in [6.45, 7) is 7.74. The molecule has 1 aliphatic heterocycles. The number of benzene rings is 1. The molecule has 3 rings (SSSR count). The normalized spacial score (nSPS) is 19.3. The molecule has 1 amide bonds. The number of amides is 1. The van der Waals surface area contributed by atoms with Crippen molar-refractivity contribution in [1.82, 2.24) is 4.90 Å². The van der Waals surface area contributed by atoms with Crippen molar-refractivity contribution in [2.24, 2.45) is 11.7 Å².